The van der Waals surface area contributed by atoms with Gasteiger partial charge in [0.1, 0.15) is 22.7 Å². The Labute approximate surface area is 196 Å². The Morgan fingerprint density at radius 1 is 1.18 bits per heavy atom. The van der Waals surface area contributed by atoms with Gasteiger partial charge in [0.2, 0.25) is 5.91 Å². The number of carboxylic acids is 1. The van der Waals surface area contributed by atoms with E-state index in [4.69, 9.17) is 5.11 Å². The number of carboxylic acid groups (broad SMARTS) is 1. The fourth-order valence-electron chi connectivity index (χ4n) is 3.41. The Kier molecular flexibility index (Phi) is 8.21. The predicted molar refractivity (Wildman–Crippen MR) is 123 cm³/mol. The number of nitrogens with one attached hydrogen (secondary N) is 1. The van der Waals surface area contributed by atoms with E-state index in [1.165, 1.54) is 36.4 Å². The van der Waals surface area contributed by atoms with Crippen molar-refractivity contribution in [2.75, 3.05) is 0 Å². The number of rotatable bonds is 10. The van der Waals surface area contributed by atoms with Gasteiger partial charge in [0.05, 0.1) is 24.0 Å². The van der Waals surface area contributed by atoms with Crippen LogP contribution in [0.4, 0.5) is 8.78 Å². The van der Waals surface area contributed by atoms with Crippen LogP contribution in [0.2, 0.25) is 0 Å². The first-order valence-electron chi connectivity index (χ1n) is 10.6. The largest absolute Gasteiger partial charge is 0.478 e. The van der Waals surface area contributed by atoms with Crippen LogP contribution in [-0.2, 0) is 24.3 Å². The third-order valence-corrected chi connectivity index (χ3v) is 5.79. The van der Waals surface area contributed by atoms with Gasteiger partial charge in [0.15, 0.2) is 0 Å². The Bertz CT molecular complexity index is 1130. The van der Waals surface area contributed by atoms with Crippen LogP contribution < -0.4 is 5.32 Å². The van der Waals surface area contributed by atoms with Gasteiger partial charge in [0.25, 0.3) is 0 Å². The van der Waals surface area contributed by atoms with Crippen LogP contribution in [0.5, 0.6) is 0 Å². The highest BCUT2D eigenvalue weighted by Gasteiger charge is 2.18. The molecule has 3 rings (SSSR count). The smallest absolute Gasteiger partial charge is 0.338 e. The van der Waals surface area contributed by atoms with Gasteiger partial charge in [-0.05, 0) is 41.8 Å². The molecule has 0 saturated heterocycles. The lowest BCUT2D eigenvalue weighted by Crippen LogP contribution is -2.28. The minimum Gasteiger partial charge on any atom is -0.478 e. The quantitative estimate of drug-likeness (QED) is 0.378. The van der Waals surface area contributed by atoms with Gasteiger partial charge in [-0.25, -0.2) is 18.6 Å². The van der Waals surface area contributed by atoms with E-state index < -0.39 is 22.9 Å². The molecule has 0 aliphatic rings. The number of amides is 1. The van der Waals surface area contributed by atoms with Gasteiger partial charge in [-0.15, -0.1) is 0 Å². The van der Waals surface area contributed by atoms with Crippen molar-refractivity contribution in [3.63, 3.8) is 0 Å². The van der Waals surface area contributed by atoms with E-state index in [0.29, 0.717) is 17.5 Å². The molecular formula is C24H25F2N3O3S. The van der Waals surface area contributed by atoms with Gasteiger partial charge >= 0.3 is 5.97 Å². The van der Waals surface area contributed by atoms with Crippen molar-refractivity contribution < 1.29 is 23.5 Å². The number of halogens is 2. The molecule has 1 atom stereocenters. The number of aromatic nitrogens is 2. The summed E-state index contributed by atoms with van der Waals surface area (Å²) in [5.41, 5.74) is 1.49. The van der Waals surface area contributed by atoms with Crippen molar-refractivity contribution in [1.82, 2.24) is 14.9 Å². The van der Waals surface area contributed by atoms with Crippen LogP contribution in [0.3, 0.4) is 0 Å². The lowest BCUT2D eigenvalue weighted by Gasteiger charge is -2.15. The third kappa shape index (κ3) is 6.19. The lowest BCUT2D eigenvalue weighted by molar-refractivity contribution is -0.120. The zero-order valence-electron chi connectivity index (χ0n) is 18.1. The molecule has 174 valence electrons. The van der Waals surface area contributed by atoms with E-state index in [0.717, 1.165) is 24.4 Å². The summed E-state index contributed by atoms with van der Waals surface area (Å²) in [5.74, 6) is -2.07. The molecular weight excluding hydrogens is 448 g/mol. The van der Waals surface area contributed by atoms with Crippen LogP contribution in [-0.4, -0.2) is 26.5 Å². The summed E-state index contributed by atoms with van der Waals surface area (Å²) in [5, 5.41) is 11.1. The number of carbonyl (C=O) groups is 2. The zero-order chi connectivity index (χ0) is 24.0. The monoisotopic (exact) mass is 473 g/mol. The number of carbonyl (C=O) groups excluding carboxylic acids is 1. The number of imidazole rings is 1. The van der Waals surface area contributed by atoms with E-state index in [-0.39, 0.29) is 24.6 Å². The topological polar surface area (TPSA) is 84.2 Å². The fraction of sp³-hybridized carbons (Fsp3) is 0.292. The number of nitrogens with zero attached hydrogens (tertiary/aromatic N) is 2. The highest BCUT2D eigenvalue weighted by Crippen LogP contribution is 2.21. The summed E-state index contributed by atoms with van der Waals surface area (Å²) in [6, 6.07) is 9.57. The second-order valence-electron chi connectivity index (χ2n) is 7.65. The van der Waals surface area contributed by atoms with Crippen LogP contribution in [0, 0.1) is 11.6 Å². The Morgan fingerprint density at radius 2 is 1.91 bits per heavy atom. The molecule has 1 aromatic heterocycles. The SMILES string of the molecule is CCCCc1ncc(CNC(=O)C(S)c2ccc(F)cc2)n1Cc1ccc(C(=O)O)c(F)c1. The minimum atomic E-state index is -1.32. The average Bonchev–Trinajstić information content (AvgIpc) is 3.17. The van der Waals surface area contributed by atoms with Gasteiger partial charge in [-0.2, -0.15) is 12.6 Å². The Balaban J connectivity index is 1.77. The Hall–Kier alpha value is -3.20. The molecule has 3 aromatic rings. The molecule has 2 aromatic carbocycles. The van der Waals surface area contributed by atoms with Crippen LogP contribution >= 0.6 is 12.6 Å². The summed E-state index contributed by atoms with van der Waals surface area (Å²) < 4.78 is 29.2. The molecule has 9 heteroatoms. The van der Waals surface area contributed by atoms with Crippen molar-refractivity contribution in [3.8, 4) is 0 Å². The van der Waals surface area contributed by atoms with Crippen LogP contribution in [0.15, 0.2) is 48.7 Å². The minimum absolute atomic E-state index is 0.173. The van der Waals surface area contributed by atoms with Crippen molar-refractivity contribution in [3.05, 3.63) is 88.5 Å². The maximum absolute atomic E-state index is 14.2. The second kappa shape index (κ2) is 11.1. The molecule has 0 bridgehead atoms. The lowest BCUT2D eigenvalue weighted by atomic mass is 10.1. The maximum Gasteiger partial charge on any atom is 0.338 e. The number of aromatic carboxylic acids is 1. The summed E-state index contributed by atoms with van der Waals surface area (Å²) in [7, 11) is 0. The number of unbranched alkanes of at least 4 members (excludes halogenated alkanes) is 1. The number of thiol groups is 1. The van der Waals surface area contributed by atoms with E-state index in [9.17, 15) is 18.4 Å². The standard InChI is InChI=1S/C24H25F2N3O3S/c1-2-3-4-21-27-12-18(13-28-23(30)22(33)16-6-8-17(25)9-7-16)29(21)14-15-5-10-19(24(31)32)20(26)11-15/h5-12,22,33H,2-4,13-14H2,1H3,(H,28,30)(H,31,32). The van der Waals surface area contributed by atoms with Crippen molar-refractivity contribution in [2.45, 2.75) is 44.5 Å². The Morgan fingerprint density at radius 3 is 2.55 bits per heavy atom. The summed E-state index contributed by atoms with van der Waals surface area (Å²) >= 11 is 4.34. The average molecular weight is 474 g/mol. The van der Waals surface area contributed by atoms with Gasteiger partial charge in [-0.3, -0.25) is 4.79 Å². The first-order valence-corrected chi connectivity index (χ1v) is 11.1. The van der Waals surface area contributed by atoms with Gasteiger partial charge < -0.3 is 15.0 Å². The fourth-order valence-corrected chi connectivity index (χ4v) is 3.67. The first kappa shape index (κ1) is 24.4. The van der Waals surface area contributed by atoms with E-state index in [1.807, 2.05) is 4.57 Å². The van der Waals surface area contributed by atoms with E-state index >= 15 is 0 Å². The highest BCUT2D eigenvalue weighted by atomic mass is 32.1. The third-order valence-electron chi connectivity index (χ3n) is 5.26. The molecule has 0 radical (unpaired) electrons. The van der Waals surface area contributed by atoms with Crippen molar-refractivity contribution >= 4 is 24.5 Å². The zero-order valence-corrected chi connectivity index (χ0v) is 19.0. The molecule has 0 fully saturated rings. The highest BCUT2D eigenvalue weighted by molar-refractivity contribution is 7.81. The molecule has 1 amide bonds. The summed E-state index contributed by atoms with van der Waals surface area (Å²) in [4.78, 5) is 28.1. The number of hydrogen-bond donors (Lipinski definition) is 3. The van der Waals surface area contributed by atoms with Crippen LogP contribution in [0.1, 0.15) is 58.0 Å². The predicted octanol–water partition coefficient (Wildman–Crippen LogP) is 4.54. The summed E-state index contributed by atoms with van der Waals surface area (Å²) in [6.45, 7) is 2.52. The molecule has 6 nitrogen and oxygen atoms in total. The van der Waals surface area contributed by atoms with E-state index in [2.05, 4.69) is 29.9 Å². The molecule has 0 aliphatic heterocycles. The van der Waals surface area contributed by atoms with Gasteiger partial charge in [0, 0.05) is 13.0 Å². The van der Waals surface area contributed by atoms with Crippen LogP contribution in [0.25, 0.3) is 0 Å². The number of aryl methyl sites for hydroxylation is 1. The molecule has 0 spiro atoms. The van der Waals surface area contributed by atoms with Crippen molar-refractivity contribution in [2.24, 2.45) is 0 Å². The molecule has 0 saturated carbocycles. The van der Waals surface area contributed by atoms with Gasteiger partial charge in [-0.1, -0.05) is 31.5 Å². The maximum atomic E-state index is 14.2. The molecule has 2 N–H and O–H groups in total. The molecule has 0 aliphatic carbocycles. The first-order chi connectivity index (χ1) is 15.8. The summed E-state index contributed by atoms with van der Waals surface area (Å²) in [6.07, 6.45) is 4.27. The second-order valence-corrected chi connectivity index (χ2v) is 8.16. The molecule has 1 heterocycles. The number of hydrogen-bond acceptors (Lipinski definition) is 4. The van der Waals surface area contributed by atoms with Crippen molar-refractivity contribution in [1.29, 1.82) is 0 Å². The van der Waals surface area contributed by atoms with E-state index in [1.54, 1.807) is 12.3 Å². The molecule has 33 heavy (non-hydrogen) atoms. The molecule has 1 unspecified atom stereocenters. The normalized spacial score (nSPS) is 11.9. The number of benzene rings is 2.